The third kappa shape index (κ3) is 3.80. The molecule has 23 heavy (non-hydrogen) atoms. The van der Waals surface area contributed by atoms with Crippen LogP contribution in [0, 0.1) is 0 Å². The molecule has 1 saturated carbocycles. The molecule has 1 spiro atoms. The topological polar surface area (TPSA) is 98.8 Å². The lowest BCUT2D eigenvalue weighted by atomic mass is 9.90. The van der Waals surface area contributed by atoms with Crippen LogP contribution in [0.5, 0.6) is 0 Å². The van der Waals surface area contributed by atoms with E-state index in [0.29, 0.717) is 12.8 Å². The molecule has 0 aromatic heterocycles. The zero-order valence-electron chi connectivity index (χ0n) is 13.7. The number of urea groups is 1. The molecule has 1 heterocycles. The normalized spacial score (nSPS) is 20.2. The number of likely N-dealkylation sites (N-methyl/N-ethyl adjacent to an activating group) is 1. The Kier molecular flexibility index (Phi) is 5.23. The fourth-order valence-electron chi connectivity index (χ4n) is 3.02. The minimum absolute atomic E-state index is 0.152. The van der Waals surface area contributed by atoms with Crippen molar-refractivity contribution < 1.29 is 19.2 Å². The van der Waals surface area contributed by atoms with Gasteiger partial charge in [-0.05, 0) is 12.8 Å². The molecule has 0 bridgehead atoms. The van der Waals surface area contributed by atoms with E-state index >= 15 is 0 Å². The fraction of sp³-hybridized carbons (Fsp3) is 0.733. The van der Waals surface area contributed by atoms with Crippen molar-refractivity contribution in [2.75, 3.05) is 27.2 Å². The molecule has 2 N–H and O–H groups in total. The molecule has 2 fully saturated rings. The molecule has 2 rings (SSSR count). The predicted molar refractivity (Wildman–Crippen MR) is 82.4 cm³/mol. The predicted octanol–water partition coefficient (Wildman–Crippen LogP) is -0.164. The third-order valence-corrected chi connectivity index (χ3v) is 4.44. The summed E-state index contributed by atoms with van der Waals surface area (Å²) in [5.74, 6) is -1.09. The van der Waals surface area contributed by atoms with Crippen LogP contribution >= 0.6 is 0 Å². The summed E-state index contributed by atoms with van der Waals surface area (Å²) < 4.78 is 0. The van der Waals surface area contributed by atoms with E-state index in [0.717, 1.165) is 30.6 Å². The summed E-state index contributed by atoms with van der Waals surface area (Å²) in [5, 5.41) is 5.21. The van der Waals surface area contributed by atoms with Gasteiger partial charge in [0.1, 0.15) is 12.1 Å². The minimum Gasteiger partial charge on any atom is -0.347 e. The average molecular weight is 324 g/mol. The van der Waals surface area contributed by atoms with Crippen LogP contribution in [0.25, 0.3) is 0 Å². The lowest BCUT2D eigenvalue weighted by molar-refractivity contribution is -0.136. The Morgan fingerprint density at radius 2 is 1.78 bits per heavy atom. The molecule has 8 nitrogen and oxygen atoms in total. The van der Waals surface area contributed by atoms with Gasteiger partial charge in [0.25, 0.3) is 5.91 Å². The molecule has 1 aliphatic heterocycles. The van der Waals surface area contributed by atoms with Crippen molar-refractivity contribution in [1.29, 1.82) is 0 Å². The molecule has 5 amide bonds. The Morgan fingerprint density at radius 3 is 2.35 bits per heavy atom. The van der Waals surface area contributed by atoms with Crippen molar-refractivity contribution in [3.05, 3.63) is 0 Å². The molecule has 2 aliphatic rings. The van der Waals surface area contributed by atoms with Crippen LogP contribution in [0.2, 0.25) is 0 Å². The zero-order chi connectivity index (χ0) is 17.0. The molecule has 0 aromatic rings. The van der Waals surface area contributed by atoms with Crippen LogP contribution < -0.4 is 10.6 Å². The van der Waals surface area contributed by atoms with Gasteiger partial charge in [-0.15, -0.1) is 0 Å². The molecule has 0 aromatic carbocycles. The molecular weight excluding hydrogens is 300 g/mol. The van der Waals surface area contributed by atoms with E-state index in [1.807, 2.05) is 0 Å². The van der Waals surface area contributed by atoms with Gasteiger partial charge in [-0.3, -0.25) is 19.3 Å². The van der Waals surface area contributed by atoms with Crippen LogP contribution in [0.3, 0.4) is 0 Å². The lowest BCUT2D eigenvalue weighted by Crippen LogP contribution is -2.47. The second-order valence-electron chi connectivity index (χ2n) is 6.38. The molecular formula is C15H24N4O4. The van der Waals surface area contributed by atoms with Crippen molar-refractivity contribution in [2.45, 2.75) is 44.1 Å². The summed E-state index contributed by atoms with van der Waals surface area (Å²) in [6.07, 6.45) is 5.13. The largest absolute Gasteiger partial charge is 0.347 e. The first-order valence-corrected chi connectivity index (χ1v) is 7.97. The summed E-state index contributed by atoms with van der Waals surface area (Å²) in [6, 6.07) is -0.522. The second kappa shape index (κ2) is 6.97. The van der Waals surface area contributed by atoms with Crippen LogP contribution in [-0.4, -0.2) is 66.3 Å². The summed E-state index contributed by atoms with van der Waals surface area (Å²) in [7, 11) is 3.17. The molecule has 128 valence electrons. The molecule has 8 heteroatoms. The molecule has 1 aliphatic carbocycles. The van der Waals surface area contributed by atoms with Gasteiger partial charge in [0.2, 0.25) is 11.8 Å². The van der Waals surface area contributed by atoms with E-state index in [9.17, 15) is 19.2 Å². The van der Waals surface area contributed by atoms with Gasteiger partial charge in [0, 0.05) is 14.1 Å². The Bertz CT molecular complexity index is 510. The van der Waals surface area contributed by atoms with Gasteiger partial charge in [-0.25, -0.2) is 4.79 Å². The van der Waals surface area contributed by atoms with Gasteiger partial charge >= 0.3 is 6.03 Å². The van der Waals surface area contributed by atoms with E-state index in [-0.39, 0.29) is 24.9 Å². The SMILES string of the molecule is CN(C)C(=O)CNC(=O)CN1C(=O)NC2(CCCCCC2)C1=O. The van der Waals surface area contributed by atoms with E-state index in [2.05, 4.69) is 10.6 Å². The van der Waals surface area contributed by atoms with E-state index < -0.39 is 17.5 Å². The van der Waals surface area contributed by atoms with E-state index in [4.69, 9.17) is 0 Å². The maximum atomic E-state index is 12.6. The number of hydrogen-bond acceptors (Lipinski definition) is 4. The fourth-order valence-corrected chi connectivity index (χ4v) is 3.02. The highest BCUT2D eigenvalue weighted by Gasteiger charge is 2.51. The van der Waals surface area contributed by atoms with Gasteiger partial charge in [0.15, 0.2) is 0 Å². The molecule has 0 unspecified atom stereocenters. The maximum Gasteiger partial charge on any atom is 0.325 e. The van der Waals surface area contributed by atoms with Gasteiger partial charge in [0.05, 0.1) is 6.54 Å². The van der Waals surface area contributed by atoms with Crippen LogP contribution in [0.1, 0.15) is 38.5 Å². The standard InChI is InChI=1S/C15H24N4O4/c1-18(2)12(21)9-16-11(20)10-19-13(22)15(17-14(19)23)7-5-3-4-6-8-15/h3-10H2,1-2H3,(H,16,20)(H,17,23). The van der Waals surface area contributed by atoms with Gasteiger partial charge in [-0.2, -0.15) is 0 Å². The Labute approximate surface area is 135 Å². The lowest BCUT2D eigenvalue weighted by Gasteiger charge is -2.24. The van der Waals surface area contributed by atoms with Crippen LogP contribution in [-0.2, 0) is 14.4 Å². The van der Waals surface area contributed by atoms with Crippen molar-refractivity contribution in [3.63, 3.8) is 0 Å². The first-order chi connectivity index (χ1) is 10.9. The quantitative estimate of drug-likeness (QED) is 0.702. The number of carbonyl (C=O) groups is 4. The molecule has 0 radical (unpaired) electrons. The number of amides is 5. The Balaban J connectivity index is 1.95. The van der Waals surface area contributed by atoms with Crippen LogP contribution in [0.4, 0.5) is 4.79 Å². The van der Waals surface area contributed by atoms with Crippen molar-refractivity contribution >= 4 is 23.8 Å². The monoisotopic (exact) mass is 324 g/mol. The van der Waals surface area contributed by atoms with E-state index in [1.54, 1.807) is 14.1 Å². The first-order valence-electron chi connectivity index (χ1n) is 7.97. The van der Waals surface area contributed by atoms with Crippen LogP contribution in [0.15, 0.2) is 0 Å². The highest BCUT2D eigenvalue weighted by Crippen LogP contribution is 2.32. The van der Waals surface area contributed by atoms with Gasteiger partial charge < -0.3 is 15.5 Å². The summed E-state index contributed by atoms with van der Waals surface area (Å²) in [4.78, 5) is 50.4. The number of nitrogens with zero attached hydrogens (tertiary/aromatic N) is 2. The highest BCUT2D eigenvalue weighted by atomic mass is 16.2. The number of nitrogens with one attached hydrogen (secondary N) is 2. The molecule has 0 atom stereocenters. The number of imide groups is 1. The van der Waals surface area contributed by atoms with Crippen molar-refractivity contribution in [1.82, 2.24) is 20.4 Å². The summed E-state index contributed by atoms with van der Waals surface area (Å²) in [5.41, 5.74) is -0.840. The van der Waals surface area contributed by atoms with Crippen molar-refractivity contribution in [2.24, 2.45) is 0 Å². The second-order valence-corrected chi connectivity index (χ2v) is 6.38. The maximum absolute atomic E-state index is 12.6. The smallest absolute Gasteiger partial charge is 0.325 e. The zero-order valence-corrected chi connectivity index (χ0v) is 13.7. The average Bonchev–Trinajstić information content (AvgIpc) is 2.69. The minimum atomic E-state index is -0.840. The van der Waals surface area contributed by atoms with Crippen molar-refractivity contribution in [3.8, 4) is 0 Å². The highest BCUT2D eigenvalue weighted by molar-refractivity contribution is 6.09. The van der Waals surface area contributed by atoms with Gasteiger partial charge in [-0.1, -0.05) is 25.7 Å². The Hall–Kier alpha value is -2.12. The summed E-state index contributed by atoms with van der Waals surface area (Å²) in [6.45, 7) is -0.506. The first kappa shape index (κ1) is 17.2. The Morgan fingerprint density at radius 1 is 1.17 bits per heavy atom. The van der Waals surface area contributed by atoms with E-state index in [1.165, 1.54) is 4.90 Å². The number of carbonyl (C=O) groups excluding carboxylic acids is 4. The summed E-state index contributed by atoms with van der Waals surface area (Å²) >= 11 is 0. The third-order valence-electron chi connectivity index (χ3n) is 4.44. The molecule has 1 saturated heterocycles. The number of rotatable bonds is 4. The number of hydrogen-bond donors (Lipinski definition) is 2.